The number of rotatable bonds is 3. The summed E-state index contributed by atoms with van der Waals surface area (Å²) in [6, 6.07) is 10.7. The van der Waals surface area contributed by atoms with Crippen LogP contribution in [0.2, 0.25) is 0 Å². The summed E-state index contributed by atoms with van der Waals surface area (Å²) < 4.78 is 0. The third-order valence-corrected chi connectivity index (χ3v) is 1.92. The monoisotopic (exact) mass is 161 g/mol. The molecule has 1 rings (SSSR count). The highest BCUT2D eigenvalue weighted by molar-refractivity contribution is 5.22. The Morgan fingerprint density at radius 2 is 1.83 bits per heavy atom. The van der Waals surface area contributed by atoms with Crippen molar-refractivity contribution in [3.8, 4) is 0 Å². The average Bonchev–Trinajstić information content (AvgIpc) is 2.07. The third kappa shape index (κ3) is 1.95. The van der Waals surface area contributed by atoms with E-state index in [-0.39, 0.29) is 0 Å². The molecular weight excluding hydrogens is 146 g/mol. The van der Waals surface area contributed by atoms with E-state index in [9.17, 15) is 0 Å². The predicted molar refractivity (Wildman–Crippen MR) is 53.1 cm³/mol. The maximum absolute atomic E-state index is 3.82. The minimum atomic E-state index is 0.325. The number of benzene rings is 1. The molecule has 64 valence electrons. The second-order valence-electron chi connectivity index (χ2n) is 3.05. The van der Waals surface area contributed by atoms with Crippen molar-refractivity contribution in [3.63, 3.8) is 0 Å². The van der Waals surface area contributed by atoms with Crippen molar-refractivity contribution in [3.05, 3.63) is 48.6 Å². The molecule has 1 aromatic carbocycles. The molecule has 0 N–H and O–H groups in total. The Hall–Kier alpha value is -1.08. The summed E-state index contributed by atoms with van der Waals surface area (Å²) in [6.07, 6.45) is 1.95. The normalized spacial score (nSPS) is 12.9. The molecule has 0 aliphatic rings. The number of hydrogen-bond donors (Lipinski definition) is 0. The van der Waals surface area contributed by atoms with Gasteiger partial charge in [0.05, 0.1) is 6.04 Å². The molecule has 1 unspecified atom stereocenters. The molecule has 0 aromatic heterocycles. The molecule has 1 atom stereocenters. The first-order valence-corrected chi connectivity index (χ1v) is 4.09. The van der Waals surface area contributed by atoms with E-state index in [1.807, 2.05) is 12.1 Å². The Kier molecular flexibility index (Phi) is 3.06. The smallest absolute Gasteiger partial charge is 0.0523 e. The zero-order valence-electron chi connectivity index (χ0n) is 7.70. The van der Waals surface area contributed by atoms with Crippen LogP contribution in [0.1, 0.15) is 11.6 Å². The fourth-order valence-electron chi connectivity index (χ4n) is 1.30. The molecule has 0 saturated heterocycles. The summed E-state index contributed by atoms with van der Waals surface area (Å²) in [5, 5.41) is 0. The van der Waals surface area contributed by atoms with E-state index >= 15 is 0 Å². The molecule has 0 saturated carbocycles. The zero-order valence-corrected chi connectivity index (χ0v) is 7.70. The van der Waals surface area contributed by atoms with Crippen molar-refractivity contribution < 1.29 is 0 Å². The van der Waals surface area contributed by atoms with Gasteiger partial charge in [-0.2, -0.15) is 0 Å². The van der Waals surface area contributed by atoms with Gasteiger partial charge in [-0.05, 0) is 19.7 Å². The Labute approximate surface area is 74.3 Å². The molecule has 0 heterocycles. The van der Waals surface area contributed by atoms with Crippen LogP contribution in [0.15, 0.2) is 43.0 Å². The van der Waals surface area contributed by atoms with Crippen molar-refractivity contribution >= 4 is 0 Å². The van der Waals surface area contributed by atoms with Crippen molar-refractivity contribution in [1.29, 1.82) is 0 Å². The van der Waals surface area contributed by atoms with Crippen LogP contribution in [0.4, 0.5) is 0 Å². The standard InChI is InChI=1S/C11H15N/c1-4-11(12(2)3)10-8-6-5-7-9-10/h4-9,11H,1H2,2-3H3. The van der Waals surface area contributed by atoms with E-state index in [4.69, 9.17) is 0 Å². The summed E-state index contributed by atoms with van der Waals surface area (Å²) in [4.78, 5) is 2.14. The van der Waals surface area contributed by atoms with E-state index in [2.05, 4.69) is 49.8 Å². The lowest BCUT2D eigenvalue weighted by Crippen LogP contribution is -2.17. The Morgan fingerprint density at radius 3 is 2.25 bits per heavy atom. The van der Waals surface area contributed by atoms with Crippen LogP contribution in [0.5, 0.6) is 0 Å². The van der Waals surface area contributed by atoms with E-state index in [1.54, 1.807) is 0 Å². The highest BCUT2D eigenvalue weighted by Gasteiger charge is 2.07. The fourth-order valence-corrected chi connectivity index (χ4v) is 1.30. The molecule has 0 aliphatic heterocycles. The Bertz CT molecular complexity index is 238. The van der Waals surface area contributed by atoms with Gasteiger partial charge in [-0.1, -0.05) is 36.4 Å². The topological polar surface area (TPSA) is 3.24 Å². The fraction of sp³-hybridized carbons (Fsp3) is 0.273. The van der Waals surface area contributed by atoms with Gasteiger partial charge in [0.2, 0.25) is 0 Å². The van der Waals surface area contributed by atoms with Crippen molar-refractivity contribution in [2.24, 2.45) is 0 Å². The summed E-state index contributed by atoms with van der Waals surface area (Å²) in [7, 11) is 4.11. The van der Waals surface area contributed by atoms with Gasteiger partial charge in [0.1, 0.15) is 0 Å². The first-order valence-electron chi connectivity index (χ1n) is 4.09. The van der Waals surface area contributed by atoms with Crippen LogP contribution in [0.3, 0.4) is 0 Å². The largest absolute Gasteiger partial charge is 0.299 e. The molecule has 0 aliphatic carbocycles. The summed E-state index contributed by atoms with van der Waals surface area (Å²) in [6.45, 7) is 3.82. The van der Waals surface area contributed by atoms with Crippen LogP contribution in [0, 0.1) is 0 Å². The zero-order chi connectivity index (χ0) is 8.97. The van der Waals surface area contributed by atoms with Crippen LogP contribution in [-0.4, -0.2) is 19.0 Å². The quantitative estimate of drug-likeness (QED) is 0.615. The highest BCUT2D eigenvalue weighted by atomic mass is 15.1. The maximum atomic E-state index is 3.82. The van der Waals surface area contributed by atoms with E-state index in [0.29, 0.717) is 6.04 Å². The first-order chi connectivity index (χ1) is 5.75. The lowest BCUT2D eigenvalue weighted by molar-refractivity contribution is 0.351. The first kappa shape index (κ1) is 9.01. The third-order valence-electron chi connectivity index (χ3n) is 1.92. The summed E-state index contributed by atoms with van der Waals surface area (Å²) in [5.41, 5.74) is 1.29. The molecule has 1 nitrogen and oxygen atoms in total. The van der Waals surface area contributed by atoms with Gasteiger partial charge < -0.3 is 0 Å². The van der Waals surface area contributed by atoms with Gasteiger partial charge in [0.15, 0.2) is 0 Å². The van der Waals surface area contributed by atoms with Crippen LogP contribution in [0.25, 0.3) is 0 Å². The minimum absolute atomic E-state index is 0.325. The van der Waals surface area contributed by atoms with Crippen LogP contribution >= 0.6 is 0 Å². The molecule has 0 amide bonds. The van der Waals surface area contributed by atoms with Crippen LogP contribution < -0.4 is 0 Å². The van der Waals surface area contributed by atoms with Crippen molar-refractivity contribution in [2.75, 3.05) is 14.1 Å². The molecule has 0 radical (unpaired) electrons. The van der Waals surface area contributed by atoms with Gasteiger partial charge in [-0.3, -0.25) is 4.90 Å². The highest BCUT2D eigenvalue weighted by Crippen LogP contribution is 2.17. The molecule has 0 bridgehead atoms. The molecular formula is C11H15N. The van der Waals surface area contributed by atoms with Gasteiger partial charge in [0.25, 0.3) is 0 Å². The summed E-state index contributed by atoms with van der Waals surface area (Å²) in [5.74, 6) is 0. The van der Waals surface area contributed by atoms with Gasteiger partial charge in [-0.25, -0.2) is 0 Å². The van der Waals surface area contributed by atoms with E-state index in [0.717, 1.165) is 0 Å². The molecule has 12 heavy (non-hydrogen) atoms. The number of nitrogens with zero attached hydrogens (tertiary/aromatic N) is 1. The van der Waals surface area contributed by atoms with E-state index in [1.165, 1.54) is 5.56 Å². The Balaban J connectivity index is 2.88. The van der Waals surface area contributed by atoms with E-state index < -0.39 is 0 Å². The SMILES string of the molecule is C=CC(c1ccccc1)N(C)C. The average molecular weight is 161 g/mol. The van der Waals surface area contributed by atoms with Crippen LogP contribution in [-0.2, 0) is 0 Å². The second-order valence-corrected chi connectivity index (χ2v) is 3.05. The van der Waals surface area contributed by atoms with Gasteiger partial charge in [-0.15, -0.1) is 6.58 Å². The maximum Gasteiger partial charge on any atom is 0.0523 e. The lowest BCUT2D eigenvalue weighted by atomic mass is 10.1. The van der Waals surface area contributed by atoms with Gasteiger partial charge >= 0.3 is 0 Å². The summed E-state index contributed by atoms with van der Waals surface area (Å²) >= 11 is 0. The number of hydrogen-bond acceptors (Lipinski definition) is 1. The second kappa shape index (κ2) is 4.07. The molecule has 1 aromatic rings. The lowest BCUT2D eigenvalue weighted by Gasteiger charge is -2.20. The Morgan fingerprint density at radius 1 is 1.25 bits per heavy atom. The van der Waals surface area contributed by atoms with Crippen molar-refractivity contribution in [1.82, 2.24) is 4.90 Å². The molecule has 0 spiro atoms. The van der Waals surface area contributed by atoms with Crippen molar-refractivity contribution in [2.45, 2.75) is 6.04 Å². The number of likely N-dealkylation sites (N-methyl/N-ethyl adjacent to an activating group) is 1. The minimum Gasteiger partial charge on any atom is -0.299 e. The molecule has 1 heteroatoms. The van der Waals surface area contributed by atoms with Gasteiger partial charge in [0, 0.05) is 0 Å². The predicted octanol–water partition coefficient (Wildman–Crippen LogP) is 2.48. The molecule has 0 fully saturated rings.